The van der Waals surface area contributed by atoms with E-state index in [4.69, 9.17) is 5.73 Å². The number of carbonyl (C=O) groups excluding carboxylic acids is 2. The fraction of sp³-hybridized carbons (Fsp3) is 0.833. The zero-order valence-corrected chi connectivity index (χ0v) is 13.3. The monoisotopic (exact) mass is 307 g/mol. The second-order valence-corrected chi connectivity index (χ2v) is 7.65. The Kier molecular flexibility index (Phi) is 7.74. The van der Waals surface area contributed by atoms with Gasteiger partial charge in [0.05, 0.1) is 11.8 Å². The van der Waals surface area contributed by atoms with Crippen LogP contribution in [0.2, 0.25) is 0 Å². The summed E-state index contributed by atoms with van der Waals surface area (Å²) in [7, 11) is -3.15. The van der Waals surface area contributed by atoms with Gasteiger partial charge in [0, 0.05) is 12.8 Å². The molecule has 2 atom stereocenters. The number of hydrogen-bond acceptors (Lipinski definition) is 5. The summed E-state index contributed by atoms with van der Waals surface area (Å²) in [5.74, 6) is -0.655. The highest BCUT2D eigenvalue weighted by atomic mass is 32.2. The highest BCUT2D eigenvalue weighted by Gasteiger charge is 2.20. The summed E-state index contributed by atoms with van der Waals surface area (Å²) in [6.07, 6.45) is 1.12. The summed E-state index contributed by atoms with van der Waals surface area (Å²) in [5, 5.41) is 5.16. The highest BCUT2D eigenvalue weighted by Crippen LogP contribution is 1.96. The molecule has 118 valence electrons. The van der Waals surface area contributed by atoms with E-state index in [1.807, 2.05) is 13.8 Å². The van der Waals surface area contributed by atoms with Crippen LogP contribution in [0.15, 0.2) is 0 Å². The molecule has 7 nitrogen and oxygen atoms in total. The number of sulfone groups is 1. The van der Waals surface area contributed by atoms with E-state index < -0.39 is 27.8 Å². The van der Waals surface area contributed by atoms with Crippen molar-refractivity contribution in [1.29, 1.82) is 0 Å². The van der Waals surface area contributed by atoms with Crippen LogP contribution in [-0.4, -0.2) is 50.9 Å². The van der Waals surface area contributed by atoms with Crippen LogP contribution in [0.4, 0.5) is 0 Å². The molecular formula is C12H25N3O4S. The Morgan fingerprint density at radius 2 is 1.70 bits per heavy atom. The third kappa shape index (κ3) is 8.87. The second kappa shape index (κ2) is 8.21. The largest absolute Gasteiger partial charge is 0.354 e. The van der Waals surface area contributed by atoms with Gasteiger partial charge < -0.3 is 16.4 Å². The van der Waals surface area contributed by atoms with Crippen molar-refractivity contribution in [2.24, 2.45) is 11.7 Å². The fourth-order valence-electron chi connectivity index (χ4n) is 1.32. The van der Waals surface area contributed by atoms with Gasteiger partial charge in [-0.25, -0.2) is 8.42 Å². The first-order chi connectivity index (χ1) is 9.03. The first kappa shape index (κ1) is 18.9. The number of rotatable bonds is 8. The number of nitrogens with one attached hydrogen (secondary N) is 2. The summed E-state index contributed by atoms with van der Waals surface area (Å²) < 4.78 is 22.0. The maximum Gasteiger partial charge on any atom is 0.242 e. The minimum atomic E-state index is -3.15. The van der Waals surface area contributed by atoms with Crippen LogP contribution >= 0.6 is 0 Å². The van der Waals surface area contributed by atoms with E-state index in [1.165, 1.54) is 0 Å². The molecule has 0 saturated heterocycles. The number of nitrogens with two attached hydrogens (primary N) is 1. The Balaban J connectivity index is 4.20. The van der Waals surface area contributed by atoms with Gasteiger partial charge in [0.1, 0.15) is 15.9 Å². The second-order valence-electron chi connectivity index (χ2n) is 5.39. The molecule has 2 unspecified atom stereocenters. The molecular weight excluding hydrogens is 282 g/mol. The van der Waals surface area contributed by atoms with Gasteiger partial charge in [-0.3, -0.25) is 9.59 Å². The molecule has 4 N–H and O–H groups in total. The summed E-state index contributed by atoms with van der Waals surface area (Å²) in [4.78, 5) is 23.4. The minimum Gasteiger partial charge on any atom is -0.354 e. The SMILES string of the molecule is CC(C)CNC(=O)C(C)NC(=O)C(N)CCS(C)(=O)=O. The molecule has 0 aromatic rings. The molecule has 0 spiro atoms. The average Bonchev–Trinajstić information content (AvgIpc) is 2.31. The van der Waals surface area contributed by atoms with Crippen molar-refractivity contribution in [2.45, 2.75) is 39.3 Å². The molecule has 0 aromatic heterocycles. The highest BCUT2D eigenvalue weighted by molar-refractivity contribution is 7.90. The molecule has 0 rings (SSSR count). The Morgan fingerprint density at radius 1 is 1.15 bits per heavy atom. The third-order valence-corrected chi connectivity index (χ3v) is 3.55. The first-order valence-electron chi connectivity index (χ1n) is 6.54. The van der Waals surface area contributed by atoms with Crippen LogP contribution in [0.3, 0.4) is 0 Å². The lowest BCUT2D eigenvalue weighted by molar-refractivity contribution is -0.129. The molecule has 0 aromatic carbocycles. The van der Waals surface area contributed by atoms with Crippen LogP contribution in [0.1, 0.15) is 27.2 Å². The summed E-state index contributed by atoms with van der Waals surface area (Å²) in [6, 6.07) is -1.64. The lowest BCUT2D eigenvalue weighted by atomic mass is 10.2. The zero-order chi connectivity index (χ0) is 15.9. The van der Waals surface area contributed by atoms with E-state index in [0.717, 1.165) is 6.26 Å². The van der Waals surface area contributed by atoms with Crippen LogP contribution < -0.4 is 16.4 Å². The van der Waals surface area contributed by atoms with Gasteiger partial charge in [0.2, 0.25) is 11.8 Å². The number of amides is 2. The normalized spacial score (nSPS) is 14.7. The minimum absolute atomic E-state index is 0.0327. The van der Waals surface area contributed by atoms with Gasteiger partial charge in [0.25, 0.3) is 0 Å². The van der Waals surface area contributed by atoms with E-state index in [0.29, 0.717) is 12.5 Å². The smallest absolute Gasteiger partial charge is 0.242 e. The lowest BCUT2D eigenvalue weighted by Gasteiger charge is -2.17. The van der Waals surface area contributed by atoms with Crippen molar-refractivity contribution in [1.82, 2.24) is 10.6 Å². The van der Waals surface area contributed by atoms with Gasteiger partial charge in [-0.2, -0.15) is 0 Å². The van der Waals surface area contributed by atoms with Crippen molar-refractivity contribution in [3.05, 3.63) is 0 Å². The molecule has 0 fully saturated rings. The zero-order valence-electron chi connectivity index (χ0n) is 12.5. The molecule has 0 aliphatic heterocycles. The van der Waals surface area contributed by atoms with Crippen molar-refractivity contribution in [2.75, 3.05) is 18.6 Å². The molecule has 8 heteroatoms. The van der Waals surface area contributed by atoms with E-state index in [1.54, 1.807) is 6.92 Å². The van der Waals surface area contributed by atoms with Crippen LogP contribution in [0, 0.1) is 5.92 Å². The van der Waals surface area contributed by atoms with Gasteiger partial charge >= 0.3 is 0 Å². The molecule has 2 amide bonds. The summed E-state index contributed by atoms with van der Waals surface area (Å²) in [6.45, 7) is 6.01. The quantitative estimate of drug-likeness (QED) is 0.533. The number of carbonyl (C=O) groups is 2. The molecule has 0 aliphatic carbocycles. The Morgan fingerprint density at radius 3 is 2.15 bits per heavy atom. The van der Waals surface area contributed by atoms with E-state index in [-0.39, 0.29) is 18.1 Å². The van der Waals surface area contributed by atoms with Crippen molar-refractivity contribution >= 4 is 21.7 Å². The Bertz CT molecular complexity index is 434. The molecule has 0 aliphatic rings. The molecule has 0 saturated carbocycles. The van der Waals surface area contributed by atoms with Crippen LogP contribution in [-0.2, 0) is 19.4 Å². The lowest BCUT2D eigenvalue weighted by Crippen LogP contribution is -2.51. The predicted molar refractivity (Wildman–Crippen MR) is 77.8 cm³/mol. The number of hydrogen-bond donors (Lipinski definition) is 3. The van der Waals surface area contributed by atoms with E-state index in [9.17, 15) is 18.0 Å². The first-order valence-corrected chi connectivity index (χ1v) is 8.60. The molecule has 0 bridgehead atoms. The standard InChI is InChI=1S/C12H25N3O4S/c1-8(2)7-14-11(16)9(3)15-12(17)10(13)5-6-20(4,18)19/h8-10H,5-7,13H2,1-4H3,(H,14,16)(H,15,17). The topological polar surface area (TPSA) is 118 Å². The van der Waals surface area contributed by atoms with Gasteiger partial charge in [-0.1, -0.05) is 13.8 Å². The van der Waals surface area contributed by atoms with Gasteiger partial charge in [0.15, 0.2) is 0 Å². The van der Waals surface area contributed by atoms with E-state index >= 15 is 0 Å². The van der Waals surface area contributed by atoms with Crippen molar-refractivity contribution in [3.8, 4) is 0 Å². The summed E-state index contributed by atoms with van der Waals surface area (Å²) in [5.41, 5.74) is 5.59. The third-order valence-electron chi connectivity index (χ3n) is 2.57. The molecule has 0 heterocycles. The van der Waals surface area contributed by atoms with Crippen LogP contribution in [0.5, 0.6) is 0 Å². The molecule has 0 radical (unpaired) electrons. The van der Waals surface area contributed by atoms with Crippen molar-refractivity contribution in [3.63, 3.8) is 0 Å². The Hall–Kier alpha value is -1.15. The van der Waals surface area contributed by atoms with Gasteiger partial charge in [-0.15, -0.1) is 0 Å². The average molecular weight is 307 g/mol. The summed E-state index contributed by atoms with van der Waals surface area (Å²) >= 11 is 0. The Labute approximate surface area is 120 Å². The van der Waals surface area contributed by atoms with E-state index in [2.05, 4.69) is 10.6 Å². The van der Waals surface area contributed by atoms with Crippen LogP contribution in [0.25, 0.3) is 0 Å². The maximum absolute atomic E-state index is 11.7. The van der Waals surface area contributed by atoms with Crippen molar-refractivity contribution < 1.29 is 18.0 Å². The molecule has 20 heavy (non-hydrogen) atoms. The predicted octanol–water partition coefficient (Wildman–Crippen LogP) is -0.975. The van der Waals surface area contributed by atoms with Gasteiger partial charge in [-0.05, 0) is 19.3 Å². The maximum atomic E-state index is 11.7. The fourth-order valence-corrected chi connectivity index (χ4v) is 2.00.